The molecule has 0 aromatic heterocycles. The van der Waals surface area contributed by atoms with Crippen LogP contribution in [0, 0.1) is 17.6 Å². The number of urea groups is 1. The Labute approximate surface area is 153 Å². The molecular weight excluding hydrogens is 336 g/mol. The van der Waals surface area contributed by atoms with E-state index in [4.69, 9.17) is 0 Å². The zero-order valence-corrected chi connectivity index (χ0v) is 15.5. The number of fused-ring (bicyclic) bond motifs is 2. The third kappa shape index (κ3) is 2.61. The molecule has 5 rings (SSSR count). The molecule has 3 atom stereocenters. The summed E-state index contributed by atoms with van der Waals surface area (Å²) in [6.45, 7) is 7.74. The van der Waals surface area contributed by atoms with Crippen molar-refractivity contribution in [1.29, 1.82) is 0 Å². The number of carbonyl (C=O) groups is 1. The van der Waals surface area contributed by atoms with Crippen molar-refractivity contribution in [2.75, 3.05) is 32.7 Å². The first kappa shape index (κ1) is 17.7. The Kier molecular flexibility index (Phi) is 4.63. The number of nitrogens with zero attached hydrogens (tertiary/aromatic N) is 3. The molecule has 0 aliphatic carbocycles. The Morgan fingerprint density at radius 2 is 1.85 bits per heavy atom. The van der Waals surface area contributed by atoms with Gasteiger partial charge in [-0.3, -0.25) is 4.90 Å². The average Bonchev–Trinajstić information content (AvgIpc) is 3.08. The summed E-state index contributed by atoms with van der Waals surface area (Å²) >= 11 is 0. The molecule has 26 heavy (non-hydrogen) atoms. The molecule has 0 unspecified atom stereocenters. The second-order valence-corrected chi connectivity index (χ2v) is 7.71. The highest BCUT2D eigenvalue weighted by atomic mass is 19.2. The molecule has 1 aromatic carbocycles. The Bertz CT molecular complexity index is 686. The largest absolute Gasteiger partial charge is 0.325 e. The number of carbonyl (C=O) groups excluding carboxylic acids is 1. The molecule has 4 heterocycles. The summed E-state index contributed by atoms with van der Waals surface area (Å²) in [5.41, 5.74) is 0.419. The van der Waals surface area contributed by atoms with Crippen molar-refractivity contribution in [3.8, 4) is 0 Å². The van der Waals surface area contributed by atoms with Crippen molar-refractivity contribution in [3.05, 3.63) is 35.4 Å². The van der Waals surface area contributed by atoms with Crippen molar-refractivity contribution in [3.63, 3.8) is 0 Å². The predicted octanol–water partition coefficient (Wildman–Crippen LogP) is 3.29. The van der Waals surface area contributed by atoms with Gasteiger partial charge in [-0.1, -0.05) is 12.1 Å². The Balaban J connectivity index is 1.72. The molecule has 0 N–H and O–H groups in total. The zero-order valence-electron chi connectivity index (χ0n) is 15.5. The monoisotopic (exact) mass is 363 g/mol. The topological polar surface area (TPSA) is 26.8 Å². The molecule has 0 saturated carbocycles. The number of hydrogen-bond acceptors (Lipinski definition) is 2. The standard InChI is InChI=1S/C20H27F2N3O/c1-3-23(4-2)20(26)25-12-15(14-6-5-7-16(21)17(14)22)19-18(25)13-8-10-24(19)11-9-13/h5-7,13,15,18-19H,3-4,8-12H2,1-2H3/t15-,18+,19+/m1/s1. The van der Waals surface area contributed by atoms with E-state index in [0.717, 1.165) is 32.0 Å². The minimum absolute atomic E-state index is 0.0399. The Morgan fingerprint density at radius 3 is 2.50 bits per heavy atom. The molecule has 4 nitrogen and oxygen atoms in total. The number of hydrogen-bond donors (Lipinski definition) is 0. The summed E-state index contributed by atoms with van der Waals surface area (Å²) < 4.78 is 28.4. The van der Waals surface area contributed by atoms with Crippen molar-refractivity contribution in [2.45, 2.75) is 44.7 Å². The fourth-order valence-electron chi connectivity index (χ4n) is 5.40. The molecule has 0 spiro atoms. The molecule has 4 saturated heterocycles. The maximum Gasteiger partial charge on any atom is 0.320 e. The zero-order chi connectivity index (χ0) is 18.4. The molecule has 4 aliphatic heterocycles. The van der Waals surface area contributed by atoms with Gasteiger partial charge in [0.2, 0.25) is 0 Å². The number of likely N-dealkylation sites (tertiary alicyclic amines) is 1. The second kappa shape index (κ2) is 6.80. The van der Waals surface area contributed by atoms with Crippen LogP contribution in [-0.2, 0) is 0 Å². The van der Waals surface area contributed by atoms with Crippen molar-refractivity contribution >= 4 is 6.03 Å². The normalized spacial score (nSPS) is 32.6. The van der Waals surface area contributed by atoms with Gasteiger partial charge >= 0.3 is 6.03 Å². The molecular formula is C20H27F2N3O. The third-order valence-electron chi connectivity index (χ3n) is 6.65. The predicted molar refractivity (Wildman–Crippen MR) is 96.0 cm³/mol. The van der Waals surface area contributed by atoms with E-state index in [1.165, 1.54) is 0 Å². The third-order valence-corrected chi connectivity index (χ3v) is 6.65. The van der Waals surface area contributed by atoms with Crippen molar-refractivity contribution in [2.24, 2.45) is 5.92 Å². The summed E-state index contributed by atoms with van der Waals surface area (Å²) in [7, 11) is 0. The van der Waals surface area contributed by atoms with Crippen LogP contribution in [0.2, 0.25) is 0 Å². The SMILES string of the molecule is CCN(CC)C(=O)N1C[C@H](c2cccc(F)c2F)[C@H]2[C@@H]1C1CCN2CC1. The van der Waals surface area contributed by atoms with E-state index in [9.17, 15) is 13.6 Å². The van der Waals surface area contributed by atoms with E-state index in [0.29, 0.717) is 31.1 Å². The van der Waals surface area contributed by atoms with Gasteiger partial charge in [-0.05, 0) is 57.3 Å². The molecule has 6 heteroatoms. The van der Waals surface area contributed by atoms with E-state index in [1.807, 2.05) is 23.6 Å². The molecule has 4 fully saturated rings. The van der Waals surface area contributed by atoms with Gasteiger partial charge < -0.3 is 9.80 Å². The lowest BCUT2D eigenvalue weighted by atomic mass is 9.75. The van der Waals surface area contributed by atoms with E-state index in [2.05, 4.69) is 4.90 Å². The highest BCUT2D eigenvalue weighted by Gasteiger charge is 2.55. The molecule has 4 aliphatic rings. The minimum Gasteiger partial charge on any atom is -0.325 e. The van der Waals surface area contributed by atoms with E-state index < -0.39 is 11.6 Å². The number of rotatable bonds is 3. The van der Waals surface area contributed by atoms with E-state index in [1.54, 1.807) is 12.1 Å². The fourth-order valence-corrected chi connectivity index (χ4v) is 5.40. The van der Waals surface area contributed by atoms with Crippen LogP contribution < -0.4 is 0 Å². The maximum absolute atomic E-state index is 14.6. The second-order valence-electron chi connectivity index (χ2n) is 7.71. The maximum atomic E-state index is 14.6. The Morgan fingerprint density at radius 1 is 1.15 bits per heavy atom. The van der Waals surface area contributed by atoms with Gasteiger partial charge in [-0.15, -0.1) is 0 Å². The van der Waals surface area contributed by atoms with Gasteiger partial charge in [0.1, 0.15) is 0 Å². The summed E-state index contributed by atoms with van der Waals surface area (Å²) in [4.78, 5) is 19.3. The summed E-state index contributed by atoms with van der Waals surface area (Å²) in [6.07, 6.45) is 2.17. The van der Waals surface area contributed by atoms with Gasteiger partial charge in [0.15, 0.2) is 11.6 Å². The quantitative estimate of drug-likeness (QED) is 0.824. The lowest BCUT2D eigenvalue weighted by Crippen LogP contribution is -2.61. The van der Waals surface area contributed by atoms with Gasteiger partial charge in [0, 0.05) is 31.6 Å². The smallest absolute Gasteiger partial charge is 0.320 e. The molecule has 142 valence electrons. The highest BCUT2D eigenvalue weighted by molar-refractivity contribution is 5.75. The first-order chi connectivity index (χ1) is 12.6. The number of piperidine rings is 3. The Hall–Kier alpha value is -1.69. The van der Waals surface area contributed by atoms with Crippen LogP contribution in [0.15, 0.2) is 18.2 Å². The van der Waals surface area contributed by atoms with Gasteiger partial charge in [0.05, 0.1) is 6.04 Å². The number of amides is 2. The molecule has 0 radical (unpaired) electrons. The van der Waals surface area contributed by atoms with Crippen LogP contribution in [0.1, 0.15) is 38.2 Å². The van der Waals surface area contributed by atoms with Crippen LogP contribution in [-0.4, -0.2) is 65.5 Å². The van der Waals surface area contributed by atoms with Gasteiger partial charge in [0.25, 0.3) is 0 Å². The fraction of sp³-hybridized carbons (Fsp3) is 0.650. The molecule has 2 amide bonds. The van der Waals surface area contributed by atoms with Crippen LogP contribution >= 0.6 is 0 Å². The van der Waals surface area contributed by atoms with Crippen molar-refractivity contribution in [1.82, 2.24) is 14.7 Å². The minimum atomic E-state index is -0.802. The van der Waals surface area contributed by atoms with Gasteiger partial charge in [-0.25, -0.2) is 13.6 Å². The summed E-state index contributed by atoms with van der Waals surface area (Å²) in [5.74, 6) is -1.26. The summed E-state index contributed by atoms with van der Waals surface area (Å²) in [5, 5.41) is 0. The van der Waals surface area contributed by atoms with Crippen molar-refractivity contribution < 1.29 is 13.6 Å². The number of benzene rings is 1. The van der Waals surface area contributed by atoms with Crippen LogP contribution in [0.25, 0.3) is 0 Å². The first-order valence-electron chi connectivity index (χ1n) is 9.80. The number of halogens is 2. The van der Waals surface area contributed by atoms with Gasteiger partial charge in [-0.2, -0.15) is 0 Å². The summed E-state index contributed by atoms with van der Waals surface area (Å²) in [6, 6.07) is 4.68. The van der Waals surface area contributed by atoms with E-state index >= 15 is 0 Å². The first-order valence-corrected chi connectivity index (χ1v) is 9.80. The lowest BCUT2D eigenvalue weighted by molar-refractivity contribution is -0.000414. The van der Waals surface area contributed by atoms with E-state index in [-0.39, 0.29) is 24.0 Å². The highest BCUT2D eigenvalue weighted by Crippen LogP contribution is 2.47. The van der Waals surface area contributed by atoms with Crippen LogP contribution in [0.4, 0.5) is 13.6 Å². The molecule has 1 aromatic rings. The van der Waals surface area contributed by atoms with Crippen LogP contribution in [0.3, 0.4) is 0 Å². The average molecular weight is 363 g/mol. The molecule has 2 bridgehead atoms. The lowest BCUT2D eigenvalue weighted by Gasteiger charge is -2.51. The van der Waals surface area contributed by atoms with Crippen LogP contribution in [0.5, 0.6) is 0 Å².